The molecule has 1 rings (SSSR count). The molecule has 0 saturated heterocycles. The Kier molecular flexibility index (Phi) is 3.26. The maximum absolute atomic E-state index is 10.2. The average Bonchev–Trinajstić information content (AvgIpc) is 2.09. The largest absolute Gasteiger partial charge is 0.321 e. The normalized spacial score (nSPS) is 12.5. The molecule has 0 radical (unpaired) electrons. The van der Waals surface area contributed by atoms with Gasteiger partial charge in [0.2, 0.25) is 0 Å². The number of rotatable bonds is 3. The second-order valence-electron chi connectivity index (χ2n) is 2.63. The lowest BCUT2D eigenvalue weighted by molar-refractivity contribution is -0.108. The molecule has 0 fully saturated rings. The number of halogens is 1. The fourth-order valence-electron chi connectivity index (χ4n) is 0.941. The fraction of sp³-hybridized carbons (Fsp3) is 0.222. The average molecular weight is 184 g/mol. The van der Waals surface area contributed by atoms with Crippen molar-refractivity contribution in [2.24, 2.45) is 5.73 Å². The molecule has 2 nitrogen and oxygen atoms in total. The summed E-state index contributed by atoms with van der Waals surface area (Å²) in [6.07, 6.45) is 1.31. The number of hydrogen-bond acceptors (Lipinski definition) is 2. The van der Waals surface area contributed by atoms with Crippen molar-refractivity contribution in [3.05, 3.63) is 34.9 Å². The monoisotopic (exact) mass is 183 g/mol. The Morgan fingerprint density at radius 3 is 2.50 bits per heavy atom. The van der Waals surface area contributed by atoms with Crippen LogP contribution in [-0.2, 0) is 11.2 Å². The zero-order valence-corrected chi connectivity index (χ0v) is 7.29. The number of aldehydes is 1. The number of benzene rings is 1. The van der Waals surface area contributed by atoms with E-state index in [2.05, 4.69) is 0 Å². The van der Waals surface area contributed by atoms with Gasteiger partial charge in [-0.3, -0.25) is 0 Å². The Morgan fingerprint density at radius 2 is 2.00 bits per heavy atom. The molecule has 3 heteroatoms. The minimum atomic E-state index is -0.411. The lowest BCUT2D eigenvalue weighted by Crippen LogP contribution is -2.23. The van der Waals surface area contributed by atoms with Gasteiger partial charge in [0.15, 0.2) is 0 Å². The molecule has 2 N–H and O–H groups in total. The van der Waals surface area contributed by atoms with Gasteiger partial charge < -0.3 is 10.5 Å². The van der Waals surface area contributed by atoms with Crippen molar-refractivity contribution in [3.63, 3.8) is 0 Å². The molecule has 0 aliphatic heterocycles. The summed E-state index contributed by atoms with van der Waals surface area (Å²) in [5.74, 6) is 0. The minimum absolute atomic E-state index is 0.411. The van der Waals surface area contributed by atoms with Crippen molar-refractivity contribution in [2.75, 3.05) is 0 Å². The Morgan fingerprint density at radius 1 is 1.42 bits per heavy atom. The Bertz CT molecular complexity index is 258. The van der Waals surface area contributed by atoms with E-state index in [0.29, 0.717) is 11.4 Å². The van der Waals surface area contributed by atoms with E-state index in [0.717, 1.165) is 11.8 Å². The first-order chi connectivity index (χ1) is 5.72. The van der Waals surface area contributed by atoms with Crippen molar-refractivity contribution in [3.8, 4) is 0 Å². The van der Waals surface area contributed by atoms with Crippen LogP contribution in [0.25, 0.3) is 0 Å². The van der Waals surface area contributed by atoms with Gasteiger partial charge in [-0.15, -0.1) is 0 Å². The van der Waals surface area contributed by atoms with E-state index in [1.807, 2.05) is 12.1 Å². The number of hydrogen-bond donors (Lipinski definition) is 1. The highest BCUT2D eigenvalue weighted by atomic mass is 35.5. The highest BCUT2D eigenvalue weighted by Gasteiger charge is 2.00. The van der Waals surface area contributed by atoms with Gasteiger partial charge in [0.25, 0.3) is 0 Å². The van der Waals surface area contributed by atoms with Crippen molar-refractivity contribution in [1.29, 1.82) is 0 Å². The number of carbonyl (C=O) groups excluding carboxylic acids is 1. The van der Waals surface area contributed by atoms with E-state index in [9.17, 15) is 4.79 Å². The molecular weight excluding hydrogens is 174 g/mol. The smallest absolute Gasteiger partial charge is 0.137 e. The molecule has 0 spiro atoms. The third kappa shape index (κ3) is 2.64. The van der Waals surface area contributed by atoms with Crippen LogP contribution in [-0.4, -0.2) is 12.3 Å². The topological polar surface area (TPSA) is 43.1 Å². The van der Waals surface area contributed by atoms with Gasteiger partial charge in [0.1, 0.15) is 6.29 Å². The third-order valence-electron chi connectivity index (χ3n) is 1.56. The van der Waals surface area contributed by atoms with Crippen LogP contribution in [0.5, 0.6) is 0 Å². The first-order valence-corrected chi connectivity index (χ1v) is 4.05. The fourth-order valence-corrected chi connectivity index (χ4v) is 1.07. The van der Waals surface area contributed by atoms with Crippen LogP contribution in [0.2, 0.25) is 5.02 Å². The highest BCUT2D eigenvalue weighted by Crippen LogP contribution is 2.10. The van der Waals surface area contributed by atoms with Gasteiger partial charge in [-0.05, 0) is 24.1 Å². The molecule has 12 heavy (non-hydrogen) atoms. The first-order valence-electron chi connectivity index (χ1n) is 3.67. The standard InChI is InChI=1S/C9H10ClNO/c10-8-3-1-7(2-4-8)5-9(11)6-12/h1-4,6,9H,5,11H2/t9-/m1/s1. The van der Waals surface area contributed by atoms with E-state index >= 15 is 0 Å². The van der Waals surface area contributed by atoms with E-state index in [-0.39, 0.29) is 0 Å². The summed E-state index contributed by atoms with van der Waals surface area (Å²) in [6.45, 7) is 0. The summed E-state index contributed by atoms with van der Waals surface area (Å²) < 4.78 is 0. The molecule has 0 aromatic heterocycles. The van der Waals surface area contributed by atoms with Crippen LogP contribution in [0.4, 0.5) is 0 Å². The van der Waals surface area contributed by atoms with Crippen molar-refractivity contribution in [2.45, 2.75) is 12.5 Å². The first kappa shape index (κ1) is 9.23. The summed E-state index contributed by atoms with van der Waals surface area (Å²) in [5, 5.41) is 0.693. The number of nitrogens with two attached hydrogens (primary N) is 1. The molecule has 0 amide bonds. The van der Waals surface area contributed by atoms with Crippen molar-refractivity contribution < 1.29 is 4.79 Å². The molecule has 0 aliphatic carbocycles. The maximum atomic E-state index is 10.2. The Hall–Kier alpha value is -0.860. The van der Waals surface area contributed by atoms with Gasteiger partial charge in [0.05, 0.1) is 6.04 Å². The van der Waals surface area contributed by atoms with Crippen LogP contribution >= 0.6 is 11.6 Å². The van der Waals surface area contributed by atoms with Gasteiger partial charge in [-0.1, -0.05) is 23.7 Å². The van der Waals surface area contributed by atoms with Crippen molar-refractivity contribution in [1.82, 2.24) is 0 Å². The molecule has 0 aliphatic rings. The second kappa shape index (κ2) is 4.24. The zero-order valence-electron chi connectivity index (χ0n) is 6.53. The molecule has 0 heterocycles. The van der Waals surface area contributed by atoms with Crippen LogP contribution in [0, 0.1) is 0 Å². The van der Waals surface area contributed by atoms with E-state index in [1.54, 1.807) is 12.1 Å². The summed E-state index contributed by atoms with van der Waals surface area (Å²) in [6, 6.07) is 6.89. The summed E-state index contributed by atoms with van der Waals surface area (Å²) in [5.41, 5.74) is 6.47. The molecule has 1 atom stereocenters. The van der Waals surface area contributed by atoms with E-state index in [4.69, 9.17) is 17.3 Å². The lowest BCUT2D eigenvalue weighted by Gasteiger charge is -2.02. The zero-order chi connectivity index (χ0) is 8.97. The molecule has 0 unspecified atom stereocenters. The SMILES string of the molecule is N[C@@H](C=O)Cc1ccc(Cl)cc1. The molecule has 0 saturated carbocycles. The van der Waals surface area contributed by atoms with Gasteiger partial charge in [-0.2, -0.15) is 0 Å². The second-order valence-corrected chi connectivity index (χ2v) is 3.07. The highest BCUT2D eigenvalue weighted by molar-refractivity contribution is 6.30. The predicted octanol–water partition coefficient (Wildman–Crippen LogP) is 1.41. The Labute approximate surface area is 76.3 Å². The van der Waals surface area contributed by atoms with Crippen LogP contribution < -0.4 is 5.73 Å². The maximum Gasteiger partial charge on any atom is 0.137 e. The Balaban J connectivity index is 2.64. The summed E-state index contributed by atoms with van der Waals surface area (Å²) >= 11 is 5.68. The van der Waals surface area contributed by atoms with Crippen molar-refractivity contribution >= 4 is 17.9 Å². The molecular formula is C9H10ClNO. The van der Waals surface area contributed by atoms with E-state index < -0.39 is 6.04 Å². The lowest BCUT2D eigenvalue weighted by atomic mass is 10.1. The molecule has 0 bridgehead atoms. The van der Waals surface area contributed by atoms with Crippen LogP contribution in [0.15, 0.2) is 24.3 Å². The van der Waals surface area contributed by atoms with Gasteiger partial charge in [-0.25, -0.2) is 0 Å². The van der Waals surface area contributed by atoms with Crippen LogP contribution in [0.3, 0.4) is 0 Å². The van der Waals surface area contributed by atoms with Gasteiger partial charge in [0, 0.05) is 5.02 Å². The van der Waals surface area contributed by atoms with Crippen LogP contribution in [0.1, 0.15) is 5.56 Å². The molecule has 1 aromatic rings. The predicted molar refractivity (Wildman–Crippen MR) is 49.2 cm³/mol. The quantitative estimate of drug-likeness (QED) is 0.721. The summed E-state index contributed by atoms with van der Waals surface area (Å²) in [4.78, 5) is 10.2. The third-order valence-corrected chi connectivity index (χ3v) is 1.81. The summed E-state index contributed by atoms with van der Waals surface area (Å²) in [7, 11) is 0. The number of carbonyl (C=O) groups is 1. The van der Waals surface area contributed by atoms with Gasteiger partial charge >= 0.3 is 0 Å². The molecule has 1 aromatic carbocycles. The molecule has 64 valence electrons. The minimum Gasteiger partial charge on any atom is -0.321 e. The van der Waals surface area contributed by atoms with E-state index in [1.165, 1.54) is 0 Å².